The Labute approximate surface area is 90.1 Å². The van der Waals surface area contributed by atoms with Crippen molar-refractivity contribution in [3.8, 4) is 0 Å². The molecular formula is C12H7NO3. The highest BCUT2D eigenvalue weighted by molar-refractivity contribution is 6.06. The molecule has 0 radical (unpaired) electrons. The van der Waals surface area contributed by atoms with Crippen molar-refractivity contribution in [3.05, 3.63) is 42.3 Å². The maximum atomic E-state index is 10.8. The van der Waals surface area contributed by atoms with E-state index < -0.39 is 5.97 Å². The number of benzene rings is 1. The number of carboxylic acid groups (broad SMARTS) is 1. The molecule has 3 rings (SSSR count). The normalized spacial score (nSPS) is 11.0. The van der Waals surface area contributed by atoms with Gasteiger partial charge in [0.1, 0.15) is 11.3 Å². The van der Waals surface area contributed by atoms with Gasteiger partial charge in [-0.15, -0.1) is 0 Å². The van der Waals surface area contributed by atoms with Crippen LogP contribution in [-0.2, 0) is 0 Å². The second-order valence-electron chi connectivity index (χ2n) is 3.47. The molecule has 1 aromatic carbocycles. The summed E-state index contributed by atoms with van der Waals surface area (Å²) in [7, 11) is 0. The summed E-state index contributed by atoms with van der Waals surface area (Å²) < 4.78 is 5.30. The van der Waals surface area contributed by atoms with Crippen LogP contribution in [0.5, 0.6) is 0 Å². The molecule has 0 atom stereocenters. The van der Waals surface area contributed by atoms with E-state index >= 15 is 0 Å². The highest BCUT2D eigenvalue weighted by Gasteiger charge is 2.11. The molecule has 0 unspecified atom stereocenters. The molecule has 16 heavy (non-hydrogen) atoms. The zero-order valence-corrected chi connectivity index (χ0v) is 8.18. The quantitative estimate of drug-likeness (QED) is 0.675. The lowest BCUT2D eigenvalue weighted by Gasteiger charge is -1.96. The molecule has 4 nitrogen and oxygen atoms in total. The van der Waals surface area contributed by atoms with Gasteiger partial charge in [-0.25, -0.2) is 9.78 Å². The number of rotatable bonds is 1. The van der Waals surface area contributed by atoms with Crippen molar-refractivity contribution in [1.82, 2.24) is 4.98 Å². The molecule has 4 heteroatoms. The number of carboxylic acids is 1. The molecule has 0 aliphatic heterocycles. The van der Waals surface area contributed by atoms with E-state index in [2.05, 4.69) is 4.98 Å². The number of nitrogens with zero attached hydrogens (tertiary/aromatic N) is 1. The molecule has 0 aliphatic carbocycles. The third kappa shape index (κ3) is 1.16. The van der Waals surface area contributed by atoms with Crippen LogP contribution < -0.4 is 0 Å². The predicted octanol–water partition coefficient (Wildman–Crippen LogP) is 2.68. The first-order valence-corrected chi connectivity index (χ1v) is 4.76. The van der Waals surface area contributed by atoms with Crippen molar-refractivity contribution in [2.75, 3.05) is 0 Å². The molecule has 78 valence electrons. The van der Waals surface area contributed by atoms with Crippen molar-refractivity contribution in [1.29, 1.82) is 0 Å². The van der Waals surface area contributed by atoms with E-state index in [0.29, 0.717) is 11.1 Å². The molecule has 0 bridgehead atoms. The van der Waals surface area contributed by atoms with Crippen molar-refractivity contribution in [2.45, 2.75) is 0 Å². The Morgan fingerprint density at radius 1 is 1.31 bits per heavy atom. The third-order valence-electron chi connectivity index (χ3n) is 2.49. The molecule has 0 fully saturated rings. The summed E-state index contributed by atoms with van der Waals surface area (Å²) in [6.45, 7) is 0. The molecule has 0 amide bonds. The van der Waals surface area contributed by atoms with Crippen molar-refractivity contribution in [3.63, 3.8) is 0 Å². The number of fused-ring (bicyclic) bond motifs is 3. The monoisotopic (exact) mass is 213 g/mol. The number of hydrogen-bond acceptors (Lipinski definition) is 3. The van der Waals surface area contributed by atoms with Gasteiger partial charge in [0.25, 0.3) is 0 Å². The fraction of sp³-hybridized carbons (Fsp3) is 0. The van der Waals surface area contributed by atoms with Gasteiger partial charge in [-0.3, -0.25) is 0 Å². The summed E-state index contributed by atoms with van der Waals surface area (Å²) in [5, 5.41) is 10.5. The molecule has 0 saturated carbocycles. The highest BCUT2D eigenvalue weighted by atomic mass is 16.4. The Morgan fingerprint density at radius 2 is 2.19 bits per heavy atom. The zero-order chi connectivity index (χ0) is 11.1. The van der Waals surface area contributed by atoms with Crippen LogP contribution in [0.25, 0.3) is 21.9 Å². The lowest BCUT2D eigenvalue weighted by Crippen LogP contribution is -1.94. The summed E-state index contributed by atoms with van der Waals surface area (Å²) in [5.41, 5.74) is 1.43. The van der Waals surface area contributed by atoms with Gasteiger partial charge in [0.05, 0.1) is 11.8 Å². The smallest absolute Gasteiger partial charge is 0.354 e. The topological polar surface area (TPSA) is 63.3 Å². The van der Waals surface area contributed by atoms with Crippen molar-refractivity contribution < 1.29 is 14.3 Å². The summed E-state index contributed by atoms with van der Waals surface area (Å²) in [6.07, 6.45) is 1.58. The minimum atomic E-state index is -1.02. The predicted molar refractivity (Wildman–Crippen MR) is 58.5 cm³/mol. The van der Waals surface area contributed by atoms with Gasteiger partial charge in [-0.05, 0) is 30.3 Å². The molecule has 3 aromatic rings. The summed E-state index contributed by atoms with van der Waals surface area (Å²) in [6, 6.07) is 8.80. The molecule has 2 heterocycles. The third-order valence-corrected chi connectivity index (χ3v) is 2.49. The largest absolute Gasteiger partial charge is 0.477 e. The Bertz CT molecular complexity index is 700. The van der Waals surface area contributed by atoms with Crippen LogP contribution in [0.15, 0.2) is 41.0 Å². The van der Waals surface area contributed by atoms with Gasteiger partial charge in [-0.1, -0.05) is 0 Å². The highest BCUT2D eigenvalue weighted by Crippen LogP contribution is 2.25. The van der Waals surface area contributed by atoms with Crippen LogP contribution in [0.1, 0.15) is 10.5 Å². The summed E-state index contributed by atoms with van der Waals surface area (Å²) in [4.78, 5) is 14.9. The van der Waals surface area contributed by atoms with E-state index in [-0.39, 0.29) is 5.69 Å². The van der Waals surface area contributed by atoms with E-state index in [4.69, 9.17) is 9.52 Å². The van der Waals surface area contributed by atoms with Gasteiger partial charge in [-0.2, -0.15) is 0 Å². The van der Waals surface area contributed by atoms with Crippen LogP contribution in [-0.4, -0.2) is 16.1 Å². The fourth-order valence-electron chi connectivity index (χ4n) is 1.77. The van der Waals surface area contributed by atoms with E-state index in [9.17, 15) is 4.79 Å². The second kappa shape index (κ2) is 3.06. The number of carbonyl (C=O) groups is 1. The Morgan fingerprint density at radius 3 is 3.00 bits per heavy atom. The Balaban J connectivity index is 2.46. The Hall–Kier alpha value is -2.36. The first kappa shape index (κ1) is 8.91. The van der Waals surface area contributed by atoms with Gasteiger partial charge >= 0.3 is 5.97 Å². The average Bonchev–Trinajstić information content (AvgIpc) is 2.73. The van der Waals surface area contributed by atoms with Crippen molar-refractivity contribution in [2.24, 2.45) is 0 Å². The maximum absolute atomic E-state index is 10.8. The number of hydrogen-bond donors (Lipinski definition) is 1. The van der Waals surface area contributed by atoms with Crippen LogP contribution >= 0.6 is 0 Å². The molecule has 1 N–H and O–H groups in total. The SMILES string of the molecule is O=C(O)c1cc2ccc3occcc3c2n1. The minimum Gasteiger partial charge on any atom is -0.477 e. The summed E-state index contributed by atoms with van der Waals surface area (Å²) in [5.74, 6) is -1.02. The molecular weight excluding hydrogens is 206 g/mol. The molecule has 0 aliphatic rings. The van der Waals surface area contributed by atoms with Gasteiger partial charge < -0.3 is 9.52 Å². The number of aromatic carboxylic acids is 1. The fourth-order valence-corrected chi connectivity index (χ4v) is 1.77. The first-order valence-electron chi connectivity index (χ1n) is 4.76. The van der Waals surface area contributed by atoms with Crippen LogP contribution in [0.4, 0.5) is 0 Å². The second-order valence-corrected chi connectivity index (χ2v) is 3.47. The summed E-state index contributed by atoms with van der Waals surface area (Å²) >= 11 is 0. The maximum Gasteiger partial charge on any atom is 0.354 e. The average molecular weight is 213 g/mol. The lowest BCUT2D eigenvalue weighted by molar-refractivity contribution is 0.0691. The standard InChI is InChI=1S/C12H7NO3/c14-12(15)9-6-7-3-4-10-8(11(7)13-9)2-1-5-16-10/h1-6H,(H,14,15). The van der Waals surface area contributed by atoms with E-state index in [1.807, 2.05) is 12.1 Å². The van der Waals surface area contributed by atoms with Crippen LogP contribution in [0, 0.1) is 0 Å². The lowest BCUT2D eigenvalue weighted by atomic mass is 10.2. The van der Waals surface area contributed by atoms with E-state index in [1.165, 1.54) is 0 Å². The van der Waals surface area contributed by atoms with Gasteiger partial charge in [0, 0.05) is 10.8 Å². The molecule has 0 saturated heterocycles. The first-order chi connectivity index (χ1) is 7.75. The van der Waals surface area contributed by atoms with Gasteiger partial charge in [0.2, 0.25) is 0 Å². The number of aromatic nitrogens is 1. The molecule has 2 aromatic heterocycles. The van der Waals surface area contributed by atoms with Gasteiger partial charge in [0.15, 0.2) is 0 Å². The minimum absolute atomic E-state index is 0.0614. The van der Waals surface area contributed by atoms with E-state index in [1.54, 1.807) is 24.5 Å². The van der Waals surface area contributed by atoms with Crippen molar-refractivity contribution >= 4 is 27.8 Å². The molecule has 0 spiro atoms. The Kier molecular flexibility index (Phi) is 1.71. The van der Waals surface area contributed by atoms with E-state index in [0.717, 1.165) is 10.8 Å². The van der Waals surface area contributed by atoms with Crippen LogP contribution in [0.3, 0.4) is 0 Å². The van der Waals surface area contributed by atoms with Crippen LogP contribution in [0.2, 0.25) is 0 Å². The zero-order valence-electron chi connectivity index (χ0n) is 8.18.